The molecule has 7 atom stereocenters. The molecule has 336 valence electrons. The van der Waals surface area contributed by atoms with Gasteiger partial charge in [-0.3, -0.25) is 32.5 Å². The minimum absolute atomic E-state index is 0. The highest BCUT2D eigenvalue weighted by Crippen LogP contribution is 2.61. The molecule has 1 aliphatic rings. The number of fused-ring (bicyclic) bond motifs is 1. The zero-order valence-electron chi connectivity index (χ0n) is 32.0. The number of amides is 2. The molecule has 58 heavy (non-hydrogen) atoms. The summed E-state index contributed by atoms with van der Waals surface area (Å²) in [5, 5.41) is 26.4. The Labute approximate surface area is 337 Å². The zero-order chi connectivity index (χ0) is 41.2. The third-order valence-corrected chi connectivity index (χ3v) is 11.8. The Hall–Kier alpha value is -2.56. The fourth-order valence-electron chi connectivity index (χ4n) is 4.89. The molecule has 0 saturated carbocycles. The Morgan fingerprint density at radius 2 is 1.66 bits per heavy atom. The van der Waals surface area contributed by atoms with Crippen molar-refractivity contribution in [3.8, 4) is 0 Å². The molecule has 3 rings (SSSR count). The molecule has 3 heterocycles. The van der Waals surface area contributed by atoms with Crippen molar-refractivity contribution >= 4 is 69.1 Å². The van der Waals surface area contributed by atoms with Crippen molar-refractivity contribution in [2.75, 3.05) is 37.8 Å². The average molecular weight is 917 g/mol. The number of hydrogen-bond donors (Lipinski definition) is 12. The summed E-state index contributed by atoms with van der Waals surface area (Å²) in [7, 11) is -16.4. The Morgan fingerprint density at radius 1 is 1.00 bits per heavy atom. The second-order valence-electron chi connectivity index (χ2n) is 12.7. The average Bonchev–Trinajstić information content (AvgIpc) is 3.64. The topological polar surface area (TPSA) is 469 Å². The predicted octanol–water partition coefficient (Wildman–Crippen LogP) is 0.731. The van der Waals surface area contributed by atoms with E-state index in [1.807, 2.05) is 6.92 Å². The summed E-state index contributed by atoms with van der Waals surface area (Å²) in [6.07, 6.45) is -3.63. The van der Waals surface area contributed by atoms with Gasteiger partial charge in [0.25, 0.3) is 0 Å². The smallest absolute Gasteiger partial charge is 0.386 e. The predicted molar refractivity (Wildman–Crippen MR) is 206 cm³/mol. The summed E-state index contributed by atoms with van der Waals surface area (Å²) < 4.78 is 62.1. The molecule has 2 aromatic heterocycles. The molecule has 19 N–H and O–H groups in total. The third kappa shape index (κ3) is 17.2. The van der Waals surface area contributed by atoms with Gasteiger partial charge >= 0.3 is 23.5 Å². The summed E-state index contributed by atoms with van der Waals surface area (Å²) in [5.41, 5.74) is 4.27. The highest BCUT2D eigenvalue weighted by atomic mass is 32.2. The van der Waals surface area contributed by atoms with Crippen LogP contribution in [-0.2, 0) is 50.7 Å². The number of phosphoric ester groups is 3. The highest BCUT2D eigenvalue weighted by Gasteiger charge is 2.50. The standard InChI is InChI=1S/C27H46N7O17P3S.3H3N/c1-4-5-6-7-18(36)55-11-10-29-17(35)8-9-30-25(39)22(38)27(2,3)13-48-54(45,46)51-53(43,44)47-12-16-21(50-52(40,41)42)20(37)26(49-16)34-15-33-19-23(28)31-14-32-24(19)34;;;/h14-16,20-22,26,37-38H,4-13H2,1-3H3,(H,29,35)(H,30,39)(H,43,44)(H,45,46)(H2,28,31,32)(H2,40,41,42);3*1H3/t16-,20?,21+,22+,26-;;;/m1.../s1. The number of nitrogens with two attached hydrogens (primary N) is 1. The van der Waals surface area contributed by atoms with Crippen molar-refractivity contribution in [1.82, 2.24) is 48.6 Å². The number of aliphatic hydroxyl groups is 2. The van der Waals surface area contributed by atoms with E-state index in [4.69, 9.17) is 19.5 Å². The lowest BCUT2D eigenvalue weighted by molar-refractivity contribution is -0.137. The molecule has 2 amide bonds. The van der Waals surface area contributed by atoms with Gasteiger partial charge in [0.2, 0.25) is 11.8 Å². The summed E-state index contributed by atoms with van der Waals surface area (Å²) in [6, 6.07) is 0. The molecule has 3 unspecified atom stereocenters. The minimum Gasteiger partial charge on any atom is -0.386 e. The van der Waals surface area contributed by atoms with E-state index >= 15 is 0 Å². The maximum atomic E-state index is 12.7. The maximum absolute atomic E-state index is 12.7. The number of rotatable bonds is 23. The number of thioether (sulfide) groups is 1. The number of aliphatic hydroxyl groups excluding tert-OH is 2. The Balaban J connectivity index is 0.0000108. The van der Waals surface area contributed by atoms with E-state index in [0.29, 0.717) is 12.2 Å². The van der Waals surface area contributed by atoms with Gasteiger partial charge in [0.05, 0.1) is 19.5 Å². The normalized spacial score (nSPS) is 20.7. The first-order chi connectivity index (χ1) is 25.6. The molecule has 0 aliphatic carbocycles. The van der Waals surface area contributed by atoms with Crippen LogP contribution in [0.15, 0.2) is 12.7 Å². The van der Waals surface area contributed by atoms with Crippen LogP contribution in [0, 0.1) is 5.41 Å². The molecule has 0 spiro atoms. The number of ether oxygens (including phenoxy) is 1. The Morgan fingerprint density at radius 3 is 2.29 bits per heavy atom. The van der Waals surface area contributed by atoms with Crippen LogP contribution < -0.4 is 34.8 Å². The van der Waals surface area contributed by atoms with Crippen molar-refractivity contribution in [2.24, 2.45) is 5.41 Å². The largest absolute Gasteiger partial charge is 0.481 e. The molecule has 1 aliphatic heterocycles. The lowest BCUT2D eigenvalue weighted by Gasteiger charge is -2.30. The molecule has 27 nitrogen and oxygen atoms in total. The quantitative estimate of drug-likeness (QED) is 0.0540. The van der Waals surface area contributed by atoms with Gasteiger partial charge < -0.3 is 69.3 Å². The fourth-order valence-corrected chi connectivity index (χ4v) is 8.44. The SMILES string of the molecule is CCCCCC(=O)SCCNC(=O)CCNC(=O)[C@H](O)C(C)(C)COP(=O)(O)OP(=O)(O)OC[C@H]1O[C@@H](n2cnc3c(N)ncnc32)C(O)[C@H]1OP(=O)(O)O.N.N.N. The second-order valence-corrected chi connectivity index (χ2v) is 18.1. The molecule has 0 aromatic carbocycles. The van der Waals surface area contributed by atoms with Gasteiger partial charge in [-0.05, 0) is 6.42 Å². The van der Waals surface area contributed by atoms with Crippen LogP contribution in [0.3, 0.4) is 0 Å². The van der Waals surface area contributed by atoms with Crippen molar-refractivity contribution in [3.05, 3.63) is 12.7 Å². The lowest BCUT2D eigenvalue weighted by Crippen LogP contribution is -2.46. The summed E-state index contributed by atoms with van der Waals surface area (Å²) in [4.78, 5) is 87.3. The van der Waals surface area contributed by atoms with Crippen LogP contribution in [-0.4, -0.2) is 123 Å². The van der Waals surface area contributed by atoms with Gasteiger partial charge in [-0.25, -0.2) is 28.6 Å². The molecular formula is C27H55N10O17P3S. The Kier molecular flexibility index (Phi) is 23.0. The molecule has 0 radical (unpaired) electrons. The number of carbonyl (C=O) groups is 3. The number of phosphoric acid groups is 3. The fraction of sp³-hybridized carbons (Fsp3) is 0.704. The van der Waals surface area contributed by atoms with Crippen LogP contribution in [0.1, 0.15) is 59.1 Å². The number of nitrogens with zero attached hydrogens (tertiary/aromatic N) is 4. The molecule has 1 saturated heterocycles. The van der Waals surface area contributed by atoms with Gasteiger partial charge in [0.1, 0.15) is 36.3 Å². The lowest BCUT2D eigenvalue weighted by atomic mass is 9.87. The van der Waals surface area contributed by atoms with Gasteiger partial charge in [0.15, 0.2) is 22.8 Å². The highest BCUT2D eigenvalue weighted by molar-refractivity contribution is 8.13. The Bertz CT molecular complexity index is 1790. The van der Waals surface area contributed by atoms with E-state index in [9.17, 15) is 57.9 Å². The molecule has 31 heteroatoms. The molecular weight excluding hydrogens is 861 g/mol. The number of anilines is 1. The monoisotopic (exact) mass is 916 g/mol. The van der Waals surface area contributed by atoms with E-state index in [1.165, 1.54) is 13.8 Å². The number of hydrogen-bond acceptors (Lipinski definition) is 21. The first kappa shape index (κ1) is 55.4. The number of carbonyl (C=O) groups excluding carboxylic acids is 3. The van der Waals surface area contributed by atoms with Gasteiger partial charge in [0, 0.05) is 37.1 Å². The van der Waals surface area contributed by atoms with Crippen LogP contribution in [0.4, 0.5) is 5.82 Å². The number of nitrogen functional groups attached to an aromatic ring is 1. The molecule has 0 bridgehead atoms. The van der Waals surface area contributed by atoms with Gasteiger partial charge in [-0.1, -0.05) is 45.4 Å². The minimum atomic E-state index is -5.56. The number of nitrogens with one attached hydrogen (secondary N) is 2. The van der Waals surface area contributed by atoms with Crippen LogP contribution in [0.25, 0.3) is 11.2 Å². The summed E-state index contributed by atoms with van der Waals surface area (Å²) in [6.45, 7) is 2.59. The van der Waals surface area contributed by atoms with Crippen LogP contribution in [0.5, 0.6) is 0 Å². The molecule has 2 aromatic rings. The maximum Gasteiger partial charge on any atom is 0.481 e. The van der Waals surface area contributed by atoms with Gasteiger partial charge in [-0.2, -0.15) is 4.31 Å². The first-order valence-electron chi connectivity index (χ1n) is 16.6. The van der Waals surface area contributed by atoms with Crippen molar-refractivity contribution in [2.45, 2.75) is 83.5 Å². The van der Waals surface area contributed by atoms with E-state index in [-0.39, 0.29) is 60.1 Å². The number of aromatic nitrogens is 4. The number of imidazole rings is 1. The van der Waals surface area contributed by atoms with Crippen molar-refractivity contribution < 1.29 is 80.5 Å². The van der Waals surface area contributed by atoms with Gasteiger partial charge in [-0.15, -0.1) is 0 Å². The summed E-state index contributed by atoms with van der Waals surface area (Å²) >= 11 is 1.12. The van der Waals surface area contributed by atoms with E-state index < -0.39 is 84.6 Å². The van der Waals surface area contributed by atoms with E-state index in [2.05, 4.69) is 34.4 Å². The molecule has 1 fully saturated rings. The second kappa shape index (κ2) is 24.0. The van der Waals surface area contributed by atoms with E-state index in [0.717, 1.165) is 48.2 Å². The third-order valence-electron chi connectivity index (χ3n) is 7.75. The van der Waals surface area contributed by atoms with Crippen LogP contribution >= 0.6 is 35.2 Å². The van der Waals surface area contributed by atoms with Crippen LogP contribution in [0.2, 0.25) is 0 Å². The van der Waals surface area contributed by atoms with Crippen molar-refractivity contribution in [3.63, 3.8) is 0 Å². The summed E-state index contributed by atoms with van der Waals surface area (Å²) in [5.74, 6) is -1.04. The zero-order valence-corrected chi connectivity index (χ0v) is 35.5. The van der Waals surface area contributed by atoms with E-state index in [1.54, 1.807) is 0 Å². The van der Waals surface area contributed by atoms with Crippen molar-refractivity contribution in [1.29, 1.82) is 0 Å². The number of unbranched alkanes of at least 4 members (excludes halogenated alkanes) is 2. The first-order valence-corrected chi connectivity index (χ1v) is 22.1.